The molecular weight excluding hydrogens is 240 g/mol. The lowest BCUT2D eigenvalue weighted by atomic mass is 10.3. The Labute approximate surface area is 101 Å². The van der Waals surface area contributed by atoms with Crippen molar-refractivity contribution in [2.45, 2.75) is 31.0 Å². The molecule has 17 heavy (non-hydrogen) atoms. The van der Waals surface area contributed by atoms with Gasteiger partial charge in [0, 0.05) is 6.54 Å². The lowest BCUT2D eigenvalue weighted by molar-refractivity contribution is 0.0842. The first-order valence-electron chi connectivity index (χ1n) is 5.63. The summed E-state index contributed by atoms with van der Waals surface area (Å²) in [7, 11) is -3.58. The van der Waals surface area contributed by atoms with E-state index in [1.54, 1.807) is 24.3 Å². The molecule has 0 radical (unpaired) electrons. The van der Waals surface area contributed by atoms with E-state index in [1.807, 2.05) is 6.92 Å². The van der Waals surface area contributed by atoms with Gasteiger partial charge in [-0.25, -0.2) is 8.42 Å². The van der Waals surface area contributed by atoms with Gasteiger partial charge in [0.05, 0.1) is 5.69 Å². The normalized spacial score (nSPS) is 22.8. The molecular formula is C11H16N2O3S. The van der Waals surface area contributed by atoms with E-state index in [1.165, 1.54) is 0 Å². The maximum atomic E-state index is 12.2. The second-order valence-electron chi connectivity index (χ2n) is 3.98. The van der Waals surface area contributed by atoms with Gasteiger partial charge in [-0.05, 0) is 18.6 Å². The Bertz CT molecular complexity index is 501. The molecule has 1 heterocycles. The minimum absolute atomic E-state index is 0.224. The van der Waals surface area contributed by atoms with Crippen LogP contribution >= 0.6 is 0 Å². The van der Waals surface area contributed by atoms with E-state index in [0.29, 0.717) is 12.2 Å². The highest BCUT2D eigenvalue weighted by atomic mass is 32.2. The van der Waals surface area contributed by atoms with E-state index in [-0.39, 0.29) is 4.90 Å². The first-order valence-corrected chi connectivity index (χ1v) is 7.07. The second-order valence-corrected chi connectivity index (χ2v) is 5.84. The summed E-state index contributed by atoms with van der Waals surface area (Å²) < 4.78 is 25.6. The molecule has 0 bridgehead atoms. The second kappa shape index (κ2) is 4.64. The van der Waals surface area contributed by atoms with Crippen molar-refractivity contribution in [1.29, 1.82) is 0 Å². The largest absolute Gasteiger partial charge is 0.360 e. The number of sulfonamides is 1. The number of nitrogens with zero attached hydrogens (tertiary/aromatic N) is 1. The van der Waals surface area contributed by atoms with Crippen molar-refractivity contribution >= 4 is 15.7 Å². The summed E-state index contributed by atoms with van der Waals surface area (Å²) >= 11 is 0. The van der Waals surface area contributed by atoms with Gasteiger partial charge in [-0.15, -0.1) is 0 Å². The Morgan fingerprint density at radius 2 is 2.12 bits per heavy atom. The first-order chi connectivity index (χ1) is 8.07. The molecule has 1 atom stereocenters. The van der Waals surface area contributed by atoms with E-state index in [4.69, 9.17) is 0 Å². The van der Waals surface area contributed by atoms with Gasteiger partial charge in [-0.1, -0.05) is 25.5 Å². The molecule has 0 aliphatic carbocycles. The van der Waals surface area contributed by atoms with Gasteiger partial charge < -0.3 is 10.4 Å². The summed E-state index contributed by atoms with van der Waals surface area (Å²) in [5.41, 5.74) is 0.452. The summed E-state index contributed by atoms with van der Waals surface area (Å²) in [6.45, 7) is 2.30. The molecule has 94 valence electrons. The number of rotatable bonds is 3. The Morgan fingerprint density at radius 1 is 1.41 bits per heavy atom. The number of hydrogen-bond acceptors (Lipinski definition) is 4. The summed E-state index contributed by atoms with van der Waals surface area (Å²) in [5.74, 6) is 0. The van der Waals surface area contributed by atoms with Crippen molar-refractivity contribution < 1.29 is 13.5 Å². The number of anilines is 1. The zero-order valence-corrected chi connectivity index (χ0v) is 10.4. The van der Waals surface area contributed by atoms with Crippen LogP contribution in [0.2, 0.25) is 0 Å². The van der Waals surface area contributed by atoms with Crippen LogP contribution < -0.4 is 5.32 Å². The van der Waals surface area contributed by atoms with E-state index in [9.17, 15) is 13.5 Å². The SMILES string of the molecule is CCCCN1C(O)Nc2ccccc2S1(=O)=O. The van der Waals surface area contributed by atoms with Crippen molar-refractivity contribution in [3.05, 3.63) is 24.3 Å². The van der Waals surface area contributed by atoms with Gasteiger partial charge in [-0.3, -0.25) is 0 Å². The number of fused-ring (bicyclic) bond motifs is 1. The number of para-hydroxylation sites is 1. The molecule has 0 fully saturated rings. The molecule has 2 rings (SSSR count). The summed E-state index contributed by atoms with van der Waals surface area (Å²) in [6.07, 6.45) is 0.419. The van der Waals surface area contributed by atoms with Crippen molar-refractivity contribution in [3.8, 4) is 0 Å². The molecule has 1 aliphatic rings. The molecule has 0 spiro atoms. The standard InChI is InChI=1S/C11H16N2O3S/c1-2-3-8-13-11(14)12-9-6-4-5-7-10(9)17(13,15)16/h4-7,11-12,14H,2-3,8H2,1H3. The predicted octanol–water partition coefficient (Wildman–Crippen LogP) is 1.18. The third-order valence-corrected chi connectivity index (χ3v) is 4.67. The van der Waals surface area contributed by atoms with Gasteiger partial charge in [0.25, 0.3) is 0 Å². The molecule has 1 aromatic rings. The minimum atomic E-state index is -3.58. The number of aliphatic hydroxyl groups excluding tert-OH is 1. The van der Waals surface area contributed by atoms with Gasteiger partial charge in [-0.2, -0.15) is 4.31 Å². The lowest BCUT2D eigenvalue weighted by Crippen LogP contribution is -2.48. The van der Waals surface area contributed by atoms with Crippen LogP contribution in [0.25, 0.3) is 0 Å². The van der Waals surface area contributed by atoms with Crippen LogP contribution in [-0.4, -0.2) is 30.7 Å². The fourth-order valence-corrected chi connectivity index (χ4v) is 3.43. The monoisotopic (exact) mass is 256 g/mol. The zero-order valence-electron chi connectivity index (χ0n) is 9.63. The molecule has 0 saturated carbocycles. The van der Waals surface area contributed by atoms with Gasteiger partial charge in [0.1, 0.15) is 4.90 Å². The van der Waals surface area contributed by atoms with Crippen LogP contribution in [0.5, 0.6) is 0 Å². The highest BCUT2D eigenvalue weighted by Gasteiger charge is 2.36. The summed E-state index contributed by atoms with van der Waals surface area (Å²) in [4.78, 5) is 0.224. The van der Waals surface area contributed by atoms with Crippen molar-refractivity contribution in [2.24, 2.45) is 0 Å². The van der Waals surface area contributed by atoms with Crippen molar-refractivity contribution in [2.75, 3.05) is 11.9 Å². The van der Waals surface area contributed by atoms with E-state index < -0.39 is 16.4 Å². The highest BCUT2D eigenvalue weighted by molar-refractivity contribution is 7.89. The van der Waals surface area contributed by atoms with Crippen LogP contribution in [-0.2, 0) is 10.0 Å². The molecule has 2 N–H and O–H groups in total. The van der Waals surface area contributed by atoms with Crippen LogP contribution in [0.3, 0.4) is 0 Å². The molecule has 1 unspecified atom stereocenters. The predicted molar refractivity (Wildman–Crippen MR) is 64.9 cm³/mol. The number of unbranched alkanes of at least 4 members (excludes halogenated alkanes) is 1. The van der Waals surface area contributed by atoms with E-state index in [2.05, 4.69) is 5.32 Å². The van der Waals surface area contributed by atoms with Gasteiger partial charge in [0.15, 0.2) is 6.35 Å². The fraction of sp³-hybridized carbons (Fsp3) is 0.455. The van der Waals surface area contributed by atoms with Gasteiger partial charge >= 0.3 is 0 Å². The third kappa shape index (κ3) is 2.15. The summed E-state index contributed by atoms with van der Waals surface area (Å²) in [6, 6.07) is 6.60. The molecule has 5 nitrogen and oxygen atoms in total. The summed E-state index contributed by atoms with van der Waals surface area (Å²) in [5, 5.41) is 12.6. The number of hydrogen-bond donors (Lipinski definition) is 2. The molecule has 6 heteroatoms. The molecule has 1 aromatic carbocycles. The Balaban J connectivity index is 2.40. The quantitative estimate of drug-likeness (QED) is 0.852. The van der Waals surface area contributed by atoms with Crippen LogP contribution in [0.15, 0.2) is 29.2 Å². The zero-order chi connectivity index (χ0) is 12.5. The van der Waals surface area contributed by atoms with E-state index in [0.717, 1.165) is 17.1 Å². The molecule has 0 saturated heterocycles. The van der Waals surface area contributed by atoms with Crippen LogP contribution in [0.1, 0.15) is 19.8 Å². The Morgan fingerprint density at radius 3 is 2.82 bits per heavy atom. The first kappa shape index (κ1) is 12.3. The minimum Gasteiger partial charge on any atom is -0.360 e. The van der Waals surface area contributed by atoms with Gasteiger partial charge in [0.2, 0.25) is 10.0 Å². The topological polar surface area (TPSA) is 69.6 Å². The fourth-order valence-electron chi connectivity index (χ4n) is 1.84. The van der Waals surface area contributed by atoms with Crippen LogP contribution in [0, 0.1) is 0 Å². The lowest BCUT2D eigenvalue weighted by Gasteiger charge is -2.33. The molecule has 0 amide bonds. The highest BCUT2D eigenvalue weighted by Crippen LogP contribution is 2.30. The number of benzene rings is 1. The average Bonchev–Trinajstić information content (AvgIpc) is 2.28. The van der Waals surface area contributed by atoms with Crippen molar-refractivity contribution in [1.82, 2.24) is 4.31 Å². The smallest absolute Gasteiger partial charge is 0.248 e. The molecule has 0 aromatic heterocycles. The van der Waals surface area contributed by atoms with Crippen molar-refractivity contribution in [3.63, 3.8) is 0 Å². The van der Waals surface area contributed by atoms with E-state index >= 15 is 0 Å². The Kier molecular flexibility index (Phi) is 3.37. The third-order valence-electron chi connectivity index (χ3n) is 2.76. The maximum absolute atomic E-state index is 12.2. The van der Waals surface area contributed by atoms with Crippen LogP contribution in [0.4, 0.5) is 5.69 Å². The Hall–Kier alpha value is -1.11. The molecule has 1 aliphatic heterocycles. The maximum Gasteiger partial charge on any atom is 0.248 e. The number of nitrogens with one attached hydrogen (secondary N) is 1. The average molecular weight is 256 g/mol. The number of aliphatic hydroxyl groups is 1.